The van der Waals surface area contributed by atoms with Crippen LogP contribution < -0.4 is 0 Å². The predicted octanol–water partition coefficient (Wildman–Crippen LogP) is 1.32. The minimum Gasteiger partial charge on any atom is -0.350 e. The van der Waals surface area contributed by atoms with Gasteiger partial charge in [-0.2, -0.15) is 0 Å². The molecule has 1 aliphatic heterocycles. The molecule has 0 unspecified atom stereocenters. The van der Waals surface area contributed by atoms with Crippen LogP contribution in [0, 0.1) is 0 Å². The van der Waals surface area contributed by atoms with Crippen molar-refractivity contribution in [2.45, 2.75) is 6.42 Å². The van der Waals surface area contributed by atoms with Crippen molar-refractivity contribution in [1.82, 2.24) is 9.88 Å². The number of aromatic nitrogens is 1. The second-order valence-corrected chi connectivity index (χ2v) is 3.96. The van der Waals surface area contributed by atoms with Gasteiger partial charge >= 0.3 is 0 Å². The van der Waals surface area contributed by atoms with Crippen LogP contribution in [0.15, 0.2) is 24.3 Å². The normalized spacial score (nSPS) is 15.7. The minimum atomic E-state index is -0.248. The van der Waals surface area contributed by atoms with E-state index in [0.29, 0.717) is 12.1 Å². The number of H-pyrrole nitrogens is 1. The van der Waals surface area contributed by atoms with Crippen LogP contribution in [-0.2, 0) is 11.2 Å². The van der Waals surface area contributed by atoms with Crippen molar-refractivity contribution in [2.24, 2.45) is 0 Å². The van der Waals surface area contributed by atoms with Gasteiger partial charge in [0.25, 0.3) is 5.91 Å². The SMILES string of the molecule is CN1C(=O)Cc2c([nH]c3ccccc23)C1=O. The Morgan fingerprint density at radius 2 is 2.00 bits per heavy atom. The van der Waals surface area contributed by atoms with E-state index in [1.54, 1.807) is 0 Å². The van der Waals surface area contributed by atoms with Gasteiger partial charge in [0.1, 0.15) is 5.69 Å². The number of hydrogen-bond acceptors (Lipinski definition) is 2. The summed E-state index contributed by atoms with van der Waals surface area (Å²) in [5, 5.41) is 0.965. The van der Waals surface area contributed by atoms with Crippen molar-refractivity contribution in [3.8, 4) is 0 Å². The van der Waals surface area contributed by atoms with Crippen LogP contribution in [0.5, 0.6) is 0 Å². The maximum absolute atomic E-state index is 11.9. The number of nitrogens with one attached hydrogen (secondary N) is 1. The van der Waals surface area contributed by atoms with Crippen molar-refractivity contribution >= 4 is 22.7 Å². The molecule has 4 nitrogen and oxygen atoms in total. The number of benzene rings is 1. The molecular weight excluding hydrogens is 204 g/mol. The predicted molar refractivity (Wildman–Crippen MR) is 59.1 cm³/mol. The summed E-state index contributed by atoms with van der Waals surface area (Å²) in [5.74, 6) is -0.398. The van der Waals surface area contributed by atoms with Gasteiger partial charge in [0, 0.05) is 18.0 Å². The van der Waals surface area contributed by atoms with Crippen LogP contribution in [0.1, 0.15) is 16.1 Å². The van der Waals surface area contributed by atoms with E-state index >= 15 is 0 Å². The molecule has 2 amide bonds. The summed E-state index contributed by atoms with van der Waals surface area (Å²) >= 11 is 0. The topological polar surface area (TPSA) is 53.2 Å². The fraction of sp³-hybridized carbons (Fsp3) is 0.167. The number of carbonyl (C=O) groups excluding carboxylic acids is 2. The molecule has 1 aromatic carbocycles. The molecule has 1 aromatic heterocycles. The monoisotopic (exact) mass is 214 g/mol. The highest BCUT2D eigenvalue weighted by Crippen LogP contribution is 2.27. The van der Waals surface area contributed by atoms with Gasteiger partial charge < -0.3 is 4.98 Å². The van der Waals surface area contributed by atoms with Crippen LogP contribution in [0.2, 0.25) is 0 Å². The smallest absolute Gasteiger partial charge is 0.276 e. The first kappa shape index (κ1) is 9.15. The van der Waals surface area contributed by atoms with Crippen molar-refractivity contribution in [2.75, 3.05) is 7.05 Å². The Morgan fingerprint density at radius 1 is 1.25 bits per heavy atom. The Morgan fingerprint density at radius 3 is 2.81 bits per heavy atom. The highest BCUT2D eigenvalue weighted by molar-refractivity contribution is 6.12. The Labute approximate surface area is 91.9 Å². The average Bonchev–Trinajstić information content (AvgIpc) is 2.65. The van der Waals surface area contributed by atoms with E-state index in [0.717, 1.165) is 21.4 Å². The van der Waals surface area contributed by atoms with Gasteiger partial charge in [-0.3, -0.25) is 14.5 Å². The van der Waals surface area contributed by atoms with E-state index < -0.39 is 0 Å². The first-order chi connectivity index (χ1) is 7.68. The molecule has 1 aliphatic rings. The zero-order valence-corrected chi connectivity index (χ0v) is 8.78. The molecule has 3 rings (SSSR count). The third-order valence-electron chi connectivity index (χ3n) is 3.03. The van der Waals surface area contributed by atoms with Crippen LogP contribution in [0.4, 0.5) is 0 Å². The standard InChI is InChI=1S/C12H10N2O2/c1-14-10(15)6-8-7-4-2-3-5-9(7)13-11(8)12(14)16/h2-5,13H,6H2,1H3. The fourth-order valence-electron chi connectivity index (χ4n) is 2.12. The number of fused-ring (bicyclic) bond motifs is 3. The van der Waals surface area contributed by atoms with E-state index in [1.165, 1.54) is 7.05 Å². The molecule has 2 aromatic rings. The molecule has 16 heavy (non-hydrogen) atoms. The van der Waals surface area contributed by atoms with Gasteiger partial charge in [-0.15, -0.1) is 0 Å². The molecule has 0 fully saturated rings. The lowest BCUT2D eigenvalue weighted by molar-refractivity contribution is -0.127. The van der Waals surface area contributed by atoms with Crippen LogP contribution in [0.3, 0.4) is 0 Å². The highest BCUT2D eigenvalue weighted by atomic mass is 16.2. The van der Waals surface area contributed by atoms with Crippen LogP contribution in [0.25, 0.3) is 10.9 Å². The van der Waals surface area contributed by atoms with Crippen molar-refractivity contribution in [3.63, 3.8) is 0 Å². The number of para-hydroxylation sites is 1. The third-order valence-corrected chi connectivity index (χ3v) is 3.03. The summed E-state index contributed by atoms with van der Waals surface area (Å²) < 4.78 is 0. The average molecular weight is 214 g/mol. The Bertz CT molecular complexity index is 613. The number of likely N-dealkylation sites (N-methyl/N-ethyl adjacent to an activating group) is 1. The molecule has 0 aliphatic carbocycles. The largest absolute Gasteiger partial charge is 0.350 e. The van der Waals surface area contributed by atoms with E-state index in [4.69, 9.17) is 0 Å². The molecule has 0 saturated heterocycles. The number of imide groups is 1. The maximum atomic E-state index is 11.9. The van der Waals surface area contributed by atoms with Crippen molar-refractivity contribution in [3.05, 3.63) is 35.5 Å². The molecule has 1 N–H and O–H groups in total. The molecule has 0 saturated carbocycles. The molecule has 0 radical (unpaired) electrons. The van der Waals surface area contributed by atoms with Gasteiger partial charge in [0.15, 0.2) is 0 Å². The summed E-state index contributed by atoms with van der Waals surface area (Å²) in [6.45, 7) is 0. The van der Waals surface area contributed by atoms with Gasteiger partial charge in [0.2, 0.25) is 5.91 Å². The van der Waals surface area contributed by atoms with E-state index in [2.05, 4.69) is 4.98 Å². The molecule has 0 atom stereocenters. The Hall–Kier alpha value is -2.10. The van der Waals surface area contributed by atoms with E-state index in [1.807, 2.05) is 24.3 Å². The van der Waals surface area contributed by atoms with Crippen molar-refractivity contribution in [1.29, 1.82) is 0 Å². The summed E-state index contributed by atoms with van der Waals surface area (Å²) in [6, 6.07) is 7.64. The Balaban J connectivity index is 2.33. The summed E-state index contributed by atoms with van der Waals surface area (Å²) in [7, 11) is 1.51. The lowest BCUT2D eigenvalue weighted by Gasteiger charge is -2.20. The number of hydrogen-bond donors (Lipinski definition) is 1. The van der Waals surface area contributed by atoms with Gasteiger partial charge in [-0.05, 0) is 11.6 Å². The van der Waals surface area contributed by atoms with Gasteiger partial charge in [0.05, 0.1) is 6.42 Å². The van der Waals surface area contributed by atoms with Crippen LogP contribution in [-0.4, -0.2) is 28.7 Å². The molecule has 4 heteroatoms. The number of rotatable bonds is 0. The Kier molecular flexibility index (Phi) is 1.68. The molecular formula is C12H10N2O2. The number of nitrogens with zero attached hydrogens (tertiary/aromatic N) is 1. The van der Waals surface area contributed by atoms with E-state index in [9.17, 15) is 9.59 Å². The second-order valence-electron chi connectivity index (χ2n) is 3.96. The zero-order chi connectivity index (χ0) is 11.3. The van der Waals surface area contributed by atoms with Gasteiger partial charge in [-0.1, -0.05) is 18.2 Å². The lowest BCUT2D eigenvalue weighted by atomic mass is 10.0. The molecule has 2 heterocycles. The number of carbonyl (C=O) groups is 2. The van der Waals surface area contributed by atoms with Gasteiger partial charge in [-0.25, -0.2) is 0 Å². The molecule has 0 spiro atoms. The summed E-state index contributed by atoms with van der Waals surface area (Å²) in [5.41, 5.74) is 2.27. The van der Waals surface area contributed by atoms with Crippen LogP contribution >= 0.6 is 0 Å². The molecule has 0 bridgehead atoms. The maximum Gasteiger partial charge on any atom is 0.276 e. The van der Waals surface area contributed by atoms with E-state index in [-0.39, 0.29) is 11.8 Å². The fourth-order valence-corrected chi connectivity index (χ4v) is 2.12. The highest BCUT2D eigenvalue weighted by Gasteiger charge is 2.30. The summed E-state index contributed by atoms with van der Waals surface area (Å²) in [4.78, 5) is 27.7. The zero-order valence-electron chi connectivity index (χ0n) is 8.78. The quantitative estimate of drug-likeness (QED) is 0.672. The first-order valence-corrected chi connectivity index (χ1v) is 5.09. The second kappa shape index (κ2) is 2.95. The number of aromatic amines is 1. The first-order valence-electron chi connectivity index (χ1n) is 5.09. The third kappa shape index (κ3) is 1.04. The molecule has 80 valence electrons. The van der Waals surface area contributed by atoms with Crippen molar-refractivity contribution < 1.29 is 9.59 Å². The minimum absolute atomic E-state index is 0.151. The summed E-state index contributed by atoms with van der Waals surface area (Å²) in [6.07, 6.45) is 0.293. The number of amides is 2. The lowest BCUT2D eigenvalue weighted by Crippen LogP contribution is -2.39.